The topological polar surface area (TPSA) is 121 Å². The normalized spacial score (nSPS) is 12.1. The summed E-state index contributed by atoms with van der Waals surface area (Å²) in [4.78, 5) is 21.1. The molecule has 0 bridgehead atoms. The number of carboxylic acid groups (broad SMARTS) is 2. The lowest BCUT2D eigenvalue weighted by Crippen LogP contribution is -2.21. The molecule has 0 aliphatic rings. The van der Waals surface area contributed by atoms with Gasteiger partial charge in [0.1, 0.15) is 6.04 Å². The van der Waals surface area contributed by atoms with Gasteiger partial charge in [-0.2, -0.15) is 0 Å². The van der Waals surface area contributed by atoms with Crippen molar-refractivity contribution in [2.75, 3.05) is 0 Å². The van der Waals surface area contributed by atoms with E-state index in [0.717, 1.165) is 12.1 Å². The number of halogens is 1. The van der Waals surface area contributed by atoms with Gasteiger partial charge in [0.25, 0.3) is 0 Å². The number of carboxylic acids is 2. The Morgan fingerprint density at radius 1 is 1.35 bits per heavy atom. The fraction of sp³-hybridized carbons (Fsp3) is 0.200. The highest BCUT2D eigenvalue weighted by Gasteiger charge is 2.21. The highest BCUT2D eigenvalue weighted by Crippen LogP contribution is 2.28. The molecule has 17 heavy (non-hydrogen) atoms. The molecule has 0 aromatic heterocycles. The van der Waals surface area contributed by atoms with Gasteiger partial charge in [-0.1, -0.05) is 0 Å². The molecule has 6 nitrogen and oxygen atoms in total. The first-order valence-corrected chi connectivity index (χ1v) is 4.54. The van der Waals surface area contributed by atoms with E-state index in [1.54, 1.807) is 0 Å². The predicted octanol–water partition coefficient (Wildman–Crippen LogP) is 0.243. The second-order valence-electron chi connectivity index (χ2n) is 3.40. The molecule has 0 aliphatic heterocycles. The van der Waals surface area contributed by atoms with Crippen molar-refractivity contribution >= 4 is 11.9 Å². The first-order chi connectivity index (χ1) is 7.82. The molecule has 0 unspecified atom stereocenters. The van der Waals surface area contributed by atoms with Crippen molar-refractivity contribution in [2.45, 2.75) is 12.5 Å². The Bertz CT molecular complexity index is 474. The fourth-order valence-electron chi connectivity index (χ4n) is 1.33. The summed E-state index contributed by atoms with van der Waals surface area (Å²) < 4.78 is 13.2. The Hall–Kier alpha value is -2.15. The van der Waals surface area contributed by atoms with E-state index in [-0.39, 0.29) is 11.1 Å². The highest BCUT2D eigenvalue weighted by molar-refractivity contribution is 5.77. The molecule has 0 aliphatic carbocycles. The van der Waals surface area contributed by atoms with Crippen LogP contribution in [0.4, 0.5) is 4.39 Å². The number of aliphatic carboxylic acids is 2. The third kappa shape index (κ3) is 2.91. The van der Waals surface area contributed by atoms with E-state index in [0.29, 0.717) is 0 Å². The molecule has 92 valence electrons. The second-order valence-corrected chi connectivity index (χ2v) is 3.40. The van der Waals surface area contributed by atoms with Crippen molar-refractivity contribution in [3.63, 3.8) is 0 Å². The lowest BCUT2D eigenvalue weighted by Gasteiger charge is -2.11. The Balaban J connectivity index is 3.24. The maximum atomic E-state index is 13.2. The van der Waals surface area contributed by atoms with E-state index in [4.69, 9.17) is 15.9 Å². The minimum absolute atomic E-state index is 0.0273. The summed E-state index contributed by atoms with van der Waals surface area (Å²) in [6, 6.07) is 0.269. The van der Waals surface area contributed by atoms with Crippen molar-refractivity contribution in [3.8, 4) is 5.75 Å². The largest absolute Gasteiger partial charge is 0.505 e. The molecular formula is C10H10FNO5. The standard InChI is InChI=1S/C10H10FNO5/c11-6-2-4(3-7(13)14)1-5(9(6)15)8(12)10(16)17/h1-2,8,15H,3,12H2,(H,13,14)(H,16,17)/t8-/m0/s1. The fourth-order valence-corrected chi connectivity index (χ4v) is 1.33. The molecule has 1 aromatic rings. The minimum Gasteiger partial charge on any atom is -0.505 e. The first-order valence-electron chi connectivity index (χ1n) is 4.54. The molecule has 7 heteroatoms. The van der Waals surface area contributed by atoms with Crippen molar-refractivity contribution in [1.82, 2.24) is 0 Å². The van der Waals surface area contributed by atoms with Crippen LogP contribution >= 0.6 is 0 Å². The number of aromatic hydroxyl groups is 1. The molecule has 0 saturated carbocycles. The van der Waals surface area contributed by atoms with Gasteiger partial charge in [0.05, 0.1) is 6.42 Å². The van der Waals surface area contributed by atoms with E-state index >= 15 is 0 Å². The van der Waals surface area contributed by atoms with Gasteiger partial charge in [-0.15, -0.1) is 0 Å². The van der Waals surface area contributed by atoms with Crippen molar-refractivity contribution in [1.29, 1.82) is 0 Å². The zero-order chi connectivity index (χ0) is 13.2. The molecule has 0 saturated heterocycles. The van der Waals surface area contributed by atoms with Crippen LogP contribution < -0.4 is 5.73 Å². The van der Waals surface area contributed by atoms with Crippen LogP contribution in [0.3, 0.4) is 0 Å². The minimum atomic E-state index is -1.61. The van der Waals surface area contributed by atoms with Crippen LogP contribution in [-0.4, -0.2) is 27.3 Å². The molecule has 5 N–H and O–H groups in total. The van der Waals surface area contributed by atoms with Gasteiger partial charge in [0.15, 0.2) is 11.6 Å². The number of carbonyl (C=O) groups is 2. The van der Waals surface area contributed by atoms with Gasteiger partial charge in [-0.25, -0.2) is 4.39 Å². The molecule has 1 rings (SSSR count). The first kappa shape index (κ1) is 12.9. The van der Waals surface area contributed by atoms with Crippen molar-refractivity contribution in [3.05, 3.63) is 29.1 Å². The molecule has 0 heterocycles. The van der Waals surface area contributed by atoms with Gasteiger partial charge < -0.3 is 21.1 Å². The Morgan fingerprint density at radius 2 is 1.94 bits per heavy atom. The lowest BCUT2D eigenvalue weighted by molar-refractivity contribution is -0.139. The zero-order valence-corrected chi connectivity index (χ0v) is 8.55. The number of phenols is 1. The van der Waals surface area contributed by atoms with E-state index in [1.165, 1.54) is 0 Å². The molecule has 0 radical (unpaired) electrons. The highest BCUT2D eigenvalue weighted by atomic mass is 19.1. The zero-order valence-electron chi connectivity index (χ0n) is 8.55. The van der Waals surface area contributed by atoms with Crippen LogP contribution in [0.1, 0.15) is 17.2 Å². The summed E-state index contributed by atoms with van der Waals surface area (Å²) in [5.74, 6) is -4.64. The molecular weight excluding hydrogens is 233 g/mol. The van der Waals surface area contributed by atoms with Gasteiger partial charge >= 0.3 is 11.9 Å². The summed E-state index contributed by atoms with van der Waals surface area (Å²) in [5.41, 5.74) is 4.91. The number of benzene rings is 1. The van der Waals surface area contributed by atoms with Crippen LogP contribution in [0, 0.1) is 5.82 Å². The third-order valence-corrected chi connectivity index (χ3v) is 2.11. The summed E-state index contributed by atoms with van der Waals surface area (Å²) in [5, 5.41) is 26.5. The monoisotopic (exact) mass is 243 g/mol. The van der Waals surface area contributed by atoms with Gasteiger partial charge in [-0.3, -0.25) is 9.59 Å². The molecule has 1 atom stereocenters. The Labute approximate surface area is 95.1 Å². The maximum Gasteiger partial charge on any atom is 0.325 e. The van der Waals surface area contributed by atoms with Crippen molar-refractivity contribution < 1.29 is 29.3 Å². The summed E-state index contributed by atoms with van der Waals surface area (Å²) in [6.45, 7) is 0. The lowest BCUT2D eigenvalue weighted by atomic mass is 10.0. The van der Waals surface area contributed by atoms with E-state index in [9.17, 15) is 19.1 Å². The SMILES string of the molecule is N[C@H](C(=O)O)c1cc(CC(=O)O)cc(F)c1O. The van der Waals surface area contributed by atoms with Crippen LogP contribution in [0.25, 0.3) is 0 Å². The Kier molecular flexibility index (Phi) is 3.64. The summed E-state index contributed by atoms with van der Waals surface area (Å²) in [6.07, 6.45) is -0.490. The predicted molar refractivity (Wildman–Crippen MR) is 54.0 cm³/mol. The number of hydrogen-bond acceptors (Lipinski definition) is 4. The average molecular weight is 243 g/mol. The number of hydrogen-bond donors (Lipinski definition) is 4. The quantitative estimate of drug-likeness (QED) is 0.601. The van der Waals surface area contributed by atoms with E-state index in [2.05, 4.69) is 0 Å². The second kappa shape index (κ2) is 4.79. The Morgan fingerprint density at radius 3 is 2.41 bits per heavy atom. The molecule has 0 spiro atoms. The van der Waals surface area contributed by atoms with Gasteiger partial charge in [0.2, 0.25) is 0 Å². The molecule has 0 amide bonds. The van der Waals surface area contributed by atoms with Crippen LogP contribution in [0.2, 0.25) is 0 Å². The number of rotatable bonds is 4. The average Bonchev–Trinajstić information content (AvgIpc) is 2.21. The van der Waals surface area contributed by atoms with Crippen LogP contribution in [-0.2, 0) is 16.0 Å². The van der Waals surface area contributed by atoms with Gasteiger partial charge in [0, 0.05) is 5.56 Å². The van der Waals surface area contributed by atoms with E-state index in [1.807, 2.05) is 0 Å². The van der Waals surface area contributed by atoms with Crippen molar-refractivity contribution in [2.24, 2.45) is 5.73 Å². The number of nitrogens with two attached hydrogens (primary N) is 1. The summed E-state index contributed by atoms with van der Waals surface area (Å²) >= 11 is 0. The van der Waals surface area contributed by atoms with Crippen LogP contribution in [0.15, 0.2) is 12.1 Å². The molecule has 0 fully saturated rings. The van der Waals surface area contributed by atoms with Crippen LogP contribution in [0.5, 0.6) is 5.75 Å². The number of phenolic OH excluding ortho intramolecular Hbond substituents is 1. The maximum absolute atomic E-state index is 13.2. The third-order valence-electron chi connectivity index (χ3n) is 2.11. The summed E-state index contributed by atoms with van der Waals surface area (Å²) in [7, 11) is 0. The van der Waals surface area contributed by atoms with E-state index < -0.39 is 36.0 Å². The van der Waals surface area contributed by atoms with Gasteiger partial charge in [-0.05, 0) is 17.7 Å². The smallest absolute Gasteiger partial charge is 0.325 e. The molecule has 1 aromatic carbocycles.